The Kier molecular flexibility index (Phi) is 4.77. The van der Waals surface area contributed by atoms with Crippen LogP contribution in [0.5, 0.6) is 0 Å². The van der Waals surface area contributed by atoms with Gasteiger partial charge in [0.25, 0.3) is 0 Å². The van der Waals surface area contributed by atoms with Crippen molar-refractivity contribution in [1.82, 2.24) is 19.5 Å². The number of rotatable bonds is 5. The zero-order chi connectivity index (χ0) is 48.8. The second-order valence-electron chi connectivity index (χ2n) is 13.4. The molecule has 12 rings (SSSR count). The quantitative estimate of drug-likeness (QED) is 0.175. The summed E-state index contributed by atoms with van der Waals surface area (Å²) in [6.07, 6.45) is 0. The van der Waals surface area contributed by atoms with Crippen LogP contribution in [0, 0.1) is 0 Å². The molecule has 0 aliphatic rings. The van der Waals surface area contributed by atoms with Gasteiger partial charge in [-0.2, -0.15) is 0 Å². The molecule has 4 aromatic heterocycles. The van der Waals surface area contributed by atoms with E-state index in [4.69, 9.17) is 29.0 Å². The second kappa shape index (κ2) is 12.6. The van der Waals surface area contributed by atoms with Crippen LogP contribution in [0.25, 0.3) is 115 Å². The summed E-state index contributed by atoms with van der Waals surface area (Å²) >= 11 is 1.66. The molecule has 57 heavy (non-hydrogen) atoms. The molecule has 0 bridgehead atoms. The highest BCUT2D eigenvalue weighted by Crippen LogP contribution is 2.42. The van der Waals surface area contributed by atoms with Gasteiger partial charge in [0.05, 0.1) is 28.9 Å². The summed E-state index contributed by atoms with van der Waals surface area (Å²) in [6, 6.07) is 25.4. The van der Waals surface area contributed by atoms with Crippen molar-refractivity contribution >= 4 is 75.3 Å². The minimum absolute atomic E-state index is 0.00434. The SMILES string of the molecule is [2H]c1cc2c3c([2H])c([2H])c([2H])c([2H])c3n(-c3c([2H])c([2H])c4oc5c([2H])c(-c6nc(-c7ccccc7)nc(-c7ccc8sc9cccc(-c%10ccccc%10)c9c8c7)n6)c([2H])c([2H])c5c4c3[2H])c2c([2H])c1[2H]. The van der Waals surface area contributed by atoms with Gasteiger partial charge >= 0.3 is 0 Å². The molecule has 0 saturated heterocycles. The van der Waals surface area contributed by atoms with Crippen LogP contribution in [0.3, 0.4) is 0 Å². The third kappa shape index (κ3) is 5.12. The molecule has 0 radical (unpaired) electrons. The van der Waals surface area contributed by atoms with E-state index >= 15 is 0 Å². The van der Waals surface area contributed by atoms with Crippen LogP contribution in [0.2, 0.25) is 0 Å². The molecule has 12 aromatic rings. The van der Waals surface area contributed by atoms with Crippen LogP contribution in [0.1, 0.15) is 17.8 Å². The number of hydrogen-bond donors (Lipinski definition) is 0. The molecule has 0 aliphatic heterocycles. The van der Waals surface area contributed by atoms with E-state index in [0.717, 1.165) is 35.9 Å². The van der Waals surface area contributed by atoms with E-state index < -0.39 is 84.2 Å². The maximum atomic E-state index is 9.69. The van der Waals surface area contributed by atoms with Gasteiger partial charge in [-0.25, -0.2) is 15.0 Å². The van der Waals surface area contributed by atoms with Gasteiger partial charge in [0, 0.05) is 64.1 Å². The van der Waals surface area contributed by atoms with E-state index in [2.05, 4.69) is 24.3 Å². The first-order chi connectivity index (χ1) is 33.7. The fourth-order valence-electron chi connectivity index (χ4n) is 7.47. The van der Waals surface area contributed by atoms with Gasteiger partial charge in [-0.05, 0) is 77.7 Å². The number of aromatic nitrogens is 4. The molecular weight excluding hydrogens is 717 g/mol. The first-order valence-corrected chi connectivity index (χ1v) is 18.8. The third-order valence-electron chi connectivity index (χ3n) is 10.1. The molecule has 0 unspecified atom stereocenters. The van der Waals surface area contributed by atoms with E-state index in [1.165, 1.54) is 6.07 Å². The average molecular weight is 760 g/mol. The van der Waals surface area contributed by atoms with Crippen molar-refractivity contribution in [3.05, 3.63) is 182 Å². The molecule has 0 amide bonds. The van der Waals surface area contributed by atoms with Gasteiger partial charge in [-0.15, -0.1) is 11.3 Å². The predicted molar refractivity (Wildman–Crippen MR) is 236 cm³/mol. The lowest BCUT2D eigenvalue weighted by atomic mass is 9.99. The lowest BCUT2D eigenvalue weighted by molar-refractivity contribution is 0.669. The van der Waals surface area contributed by atoms with Crippen LogP contribution in [-0.2, 0) is 0 Å². The Hall–Kier alpha value is -7.41. The summed E-state index contributed by atoms with van der Waals surface area (Å²) in [5, 5.41) is 1.48. The molecule has 266 valence electrons. The maximum Gasteiger partial charge on any atom is 0.164 e. The van der Waals surface area contributed by atoms with Crippen LogP contribution >= 0.6 is 11.3 Å². The van der Waals surface area contributed by atoms with Crippen molar-refractivity contribution < 1.29 is 22.2 Å². The minimum Gasteiger partial charge on any atom is -0.456 e. The van der Waals surface area contributed by atoms with Crippen molar-refractivity contribution in [3.63, 3.8) is 0 Å². The molecule has 0 spiro atoms. The summed E-state index contributed by atoms with van der Waals surface area (Å²) in [6.45, 7) is 0. The van der Waals surface area contributed by atoms with E-state index in [-0.39, 0.29) is 66.8 Å². The smallest absolute Gasteiger partial charge is 0.164 e. The second-order valence-corrected chi connectivity index (χ2v) is 14.5. The van der Waals surface area contributed by atoms with Crippen molar-refractivity contribution in [2.45, 2.75) is 0 Å². The average Bonchev–Trinajstić information content (AvgIpc) is 4.07. The molecule has 0 aliphatic carbocycles. The van der Waals surface area contributed by atoms with E-state index in [1.54, 1.807) is 11.3 Å². The highest BCUT2D eigenvalue weighted by molar-refractivity contribution is 7.26. The number of para-hydroxylation sites is 2. The van der Waals surface area contributed by atoms with Crippen LogP contribution in [-0.4, -0.2) is 19.5 Å². The molecule has 8 aromatic carbocycles. The Labute approximate surface area is 349 Å². The van der Waals surface area contributed by atoms with Crippen molar-refractivity contribution in [2.24, 2.45) is 0 Å². The largest absolute Gasteiger partial charge is 0.456 e. The predicted octanol–water partition coefficient (Wildman–Crippen LogP) is 13.9. The number of hydrogen-bond acceptors (Lipinski definition) is 5. The normalized spacial score (nSPS) is 15.1. The first-order valence-electron chi connectivity index (χ1n) is 24.5. The molecule has 0 fully saturated rings. The van der Waals surface area contributed by atoms with Crippen molar-refractivity contribution in [2.75, 3.05) is 0 Å². The third-order valence-corrected chi connectivity index (χ3v) is 11.2. The Morgan fingerprint density at radius 3 is 2.05 bits per heavy atom. The Morgan fingerprint density at radius 1 is 0.474 bits per heavy atom. The lowest BCUT2D eigenvalue weighted by Crippen LogP contribution is -2.00. The Balaban J connectivity index is 1.11. The van der Waals surface area contributed by atoms with Crippen LogP contribution in [0.4, 0.5) is 0 Å². The fourth-order valence-corrected chi connectivity index (χ4v) is 8.58. The molecule has 5 nitrogen and oxygen atoms in total. The monoisotopic (exact) mass is 759 g/mol. The number of nitrogens with zero attached hydrogens (tertiary/aromatic N) is 4. The summed E-state index contributed by atoms with van der Waals surface area (Å²) in [7, 11) is 0. The van der Waals surface area contributed by atoms with Gasteiger partial charge in [0.1, 0.15) is 11.2 Å². The highest BCUT2D eigenvalue weighted by Gasteiger charge is 2.18. The molecular formula is C51H30N4OS. The van der Waals surface area contributed by atoms with Gasteiger partial charge in [0.15, 0.2) is 17.5 Å². The summed E-state index contributed by atoms with van der Waals surface area (Å²) < 4.78 is 127. The van der Waals surface area contributed by atoms with Gasteiger partial charge in [0.2, 0.25) is 0 Å². The van der Waals surface area contributed by atoms with E-state index in [0.29, 0.717) is 11.1 Å². The topological polar surface area (TPSA) is 56.7 Å². The fraction of sp³-hybridized carbons (Fsp3) is 0. The summed E-state index contributed by atoms with van der Waals surface area (Å²) in [5.74, 6) is 0.345. The highest BCUT2D eigenvalue weighted by atomic mass is 32.1. The number of thiophene rings is 1. The van der Waals surface area contributed by atoms with Crippen LogP contribution < -0.4 is 0 Å². The van der Waals surface area contributed by atoms with Gasteiger partial charge < -0.3 is 8.98 Å². The summed E-state index contributed by atoms with van der Waals surface area (Å²) in [4.78, 5) is 14.6. The van der Waals surface area contributed by atoms with Crippen molar-refractivity contribution in [1.29, 1.82) is 0 Å². The van der Waals surface area contributed by atoms with Crippen molar-refractivity contribution in [3.8, 4) is 51.0 Å². The van der Waals surface area contributed by atoms with Crippen LogP contribution in [0.15, 0.2) is 186 Å². The van der Waals surface area contributed by atoms with Gasteiger partial charge in [-0.1, -0.05) is 115 Å². The number of fused-ring (bicyclic) bond motifs is 9. The van der Waals surface area contributed by atoms with Gasteiger partial charge in [-0.3, -0.25) is 0 Å². The zero-order valence-corrected chi connectivity index (χ0v) is 30.2. The van der Waals surface area contributed by atoms with E-state index in [9.17, 15) is 8.22 Å². The molecule has 4 heterocycles. The van der Waals surface area contributed by atoms with E-state index in [1.807, 2.05) is 72.8 Å². The maximum absolute atomic E-state index is 9.69. The molecule has 0 saturated carbocycles. The summed E-state index contributed by atoms with van der Waals surface area (Å²) in [5.41, 5.74) is 1.62. The molecule has 0 atom stereocenters. The first kappa shape index (κ1) is 21.6. The number of furan rings is 1. The zero-order valence-electron chi connectivity index (χ0n) is 42.4. The Bertz CT molecular complexity index is 4290. The molecule has 0 N–H and O–H groups in total. The Morgan fingerprint density at radius 2 is 1.21 bits per heavy atom. The lowest BCUT2D eigenvalue weighted by Gasteiger charge is -2.09. The minimum atomic E-state index is -0.658. The molecule has 6 heteroatoms. The standard InChI is InChI=1S/C51H30N4OS/c1-3-12-31(13-4-1)36-18-11-21-47-48(36)41-28-33(23-27-46(41)57-47)50-52-49(32-14-5-2-6-15-32)53-51(54-50)34-22-25-39-40-30-35(24-26-44(40)56-45(39)29-34)55-42-19-9-7-16-37(42)38-17-8-10-20-43(38)55/h1-30H/i7D,8D,9D,10D,16D,19D,20D,22D,24D,25D,26D,29D,30D. The number of benzene rings is 8.